The average molecular weight is 436 g/mol. The van der Waals surface area contributed by atoms with E-state index in [0.717, 1.165) is 16.1 Å². The number of hydrogen-bond acceptors (Lipinski definition) is 7. The number of amides is 1. The molecule has 0 bridgehead atoms. The molecule has 0 saturated carbocycles. The van der Waals surface area contributed by atoms with Crippen LogP contribution in [0.15, 0.2) is 30.3 Å². The highest BCUT2D eigenvalue weighted by Crippen LogP contribution is 2.36. The van der Waals surface area contributed by atoms with Crippen LogP contribution in [-0.2, 0) is 16.6 Å². The topological polar surface area (TPSA) is 103 Å². The molecule has 162 valence electrons. The smallest absolute Gasteiger partial charge is 0.253 e. The Bertz CT molecular complexity index is 1050. The van der Waals surface area contributed by atoms with Crippen molar-refractivity contribution < 1.29 is 32.2 Å². The molecular formula is C20H24N2O7S. The summed E-state index contributed by atoms with van der Waals surface area (Å²) < 4.78 is 46.9. The number of hydrogen-bond donors (Lipinski definition) is 1. The summed E-state index contributed by atoms with van der Waals surface area (Å²) in [7, 11) is -0.729. The summed E-state index contributed by atoms with van der Waals surface area (Å²) >= 11 is 0. The van der Waals surface area contributed by atoms with Crippen LogP contribution in [0.5, 0.6) is 23.0 Å². The van der Waals surface area contributed by atoms with Gasteiger partial charge in [0.25, 0.3) is 5.91 Å². The number of rotatable bonds is 8. The van der Waals surface area contributed by atoms with E-state index in [2.05, 4.69) is 5.32 Å². The molecule has 0 radical (unpaired) electrons. The first-order chi connectivity index (χ1) is 14.3. The maximum atomic E-state index is 13.0. The van der Waals surface area contributed by atoms with Crippen LogP contribution in [-0.4, -0.2) is 48.1 Å². The van der Waals surface area contributed by atoms with Gasteiger partial charge in [-0.2, -0.15) is 0 Å². The predicted octanol–water partition coefficient (Wildman–Crippen LogP) is 2.15. The number of methoxy groups -OCH3 is 2. The summed E-state index contributed by atoms with van der Waals surface area (Å²) in [4.78, 5) is 13.0. The van der Waals surface area contributed by atoms with Gasteiger partial charge in [0.2, 0.25) is 16.8 Å². The van der Waals surface area contributed by atoms with Gasteiger partial charge in [-0.25, -0.2) is 8.42 Å². The van der Waals surface area contributed by atoms with Gasteiger partial charge in [-0.3, -0.25) is 9.10 Å². The van der Waals surface area contributed by atoms with Crippen molar-refractivity contribution in [2.24, 2.45) is 0 Å². The number of nitrogens with one attached hydrogen (secondary N) is 1. The molecule has 30 heavy (non-hydrogen) atoms. The maximum absolute atomic E-state index is 13.0. The summed E-state index contributed by atoms with van der Waals surface area (Å²) in [5, 5.41) is 2.81. The second-order valence-electron chi connectivity index (χ2n) is 6.52. The lowest BCUT2D eigenvalue weighted by Crippen LogP contribution is -2.33. The lowest BCUT2D eigenvalue weighted by molar-refractivity contribution is 0.0951. The van der Waals surface area contributed by atoms with Crippen molar-refractivity contribution in [1.29, 1.82) is 0 Å². The minimum Gasteiger partial charge on any atom is -0.493 e. The molecule has 2 aromatic carbocycles. The molecule has 0 aliphatic carbocycles. The Hall–Kier alpha value is -3.14. The van der Waals surface area contributed by atoms with Crippen molar-refractivity contribution in [3.05, 3.63) is 41.5 Å². The van der Waals surface area contributed by atoms with Gasteiger partial charge in [-0.1, -0.05) is 6.07 Å². The molecule has 9 nitrogen and oxygen atoms in total. The molecule has 0 unspecified atom stereocenters. The summed E-state index contributed by atoms with van der Waals surface area (Å²) in [6.07, 6.45) is 1.08. The maximum Gasteiger partial charge on any atom is 0.253 e. The highest BCUT2D eigenvalue weighted by Gasteiger charge is 2.25. The number of sulfonamides is 1. The van der Waals surface area contributed by atoms with Gasteiger partial charge in [0.1, 0.15) is 0 Å². The minimum absolute atomic E-state index is 0.150. The first-order valence-corrected chi connectivity index (χ1v) is 11.0. The summed E-state index contributed by atoms with van der Waals surface area (Å²) in [6, 6.07) is 8.33. The van der Waals surface area contributed by atoms with E-state index < -0.39 is 15.9 Å². The van der Waals surface area contributed by atoms with Crippen molar-refractivity contribution in [2.75, 3.05) is 38.1 Å². The van der Waals surface area contributed by atoms with Gasteiger partial charge in [0.15, 0.2) is 23.0 Å². The van der Waals surface area contributed by atoms with E-state index in [1.165, 1.54) is 26.4 Å². The Balaban J connectivity index is 1.93. The van der Waals surface area contributed by atoms with Crippen LogP contribution in [0.4, 0.5) is 5.69 Å². The normalized spacial score (nSPS) is 12.4. The number of fused-ring (bicyclic) bond motifs is 1. The van der Waals surface area contributed by atoms with Crippen LogP contribution in [0, 0.1) is 0 Å². The molecule has 0 atom stereocenters. The quantitative estimate of drug-likeness (QED) is 0.676. The molecule has 0 fully saturated rings. The Labute approximate surface area is 175 Å². The Morgan fingerprint density at radius 1 is 1.10 bits per heavy atom. The summed E-state index contributed by atoms with van der Waals surface area (Å²) in [5.41, 5.74) is 1.17. The van der Waals surface area contributed by atoms with E-state index in [9.17, 15) is 13.2 Å². The SMILES string of the molecule is CCN(c1cc(OC)c(OC)cc1C(=O)NCc1ccc2c(c1)OCO2)S(C)(=O)=O. The lowest BCUT2D eigenvalue weighted by Gasteiger charge is -2.24. The van der Waals surface area contributed by atoms with Crippen LogP contribution >= 0.6 is 0 Å². The molecule has 1 aliphatic heterocycles. The Morgan fingerprint density at radius 3 is 2.40 bits per heavy atom. The molecule has 3 rings (SSSR count). The third kappa shape index (κ3) is 4.38. The lowest BCUT2D eigenvalue weighted by atomic mass is 10.1. The van der Waals surface area contributed by atoms with Gasteiger partial charge in [0.05, 0.1) is 31.7 Å². The number of carbonyl (C=O) groups is 1. The van der Waals surface area contributed by atoms with E-state index in [1.54, 1.807) is 19.1 Å². The molecule has 1 amide bonds. The fraction of sp³-hybridized carbons (Fsp3) is 0.350. The van der Waals surface area contributed by atoms with Crippen LogP contribution in [0.3, 0.4) is 0 Å². The van der Waals surface area contributed by atoms with E-state index >= 15 is 0 Å². The van der Waals surface area contributed by atoms with Crippen molar-refractivity contribution in [2.45, 2.75) is 13.5 Å². The molecule has 1 heterocycles. The second-order valence-corrected chi connectivity index (χ2v) is 8.43. The highest BCUT2D eigenvalue weighted by molar-refractivity contribution is 7.92. The Kier molecular flexibility index (Phi) is 6.25. The third-order valence-electron chi connectivity index (χ3n) is 4.59. The predicted molar refractivity (Wildman–Crippen MR) is 111 cm³/mol. The zero-order valence-electron chi connectivity index (χ0n) is 17.2. The Morgan fingerprint density at radius 2 is 1.77 bits per heavy atom. The van der Waals surface area contributed by atoms with E-state index in [0.29, 0.717) is 23.0 Å². The zero-order valence-corrected chi connectivity index (χ0v) is 18.0. The van der Waals surface area contributed by atoms with Gasteiger partial charge < -0.3 is 24.3 Å². The number of anilines is 1. The molecule has 2 aromatic rings. The molecule has 1 N–H and O–H groups in total. The van der Waals surface area contributed by atoms with Crippen molar-refractivity contribution in [1.82, 2.24) is 5.32 Å². The second kappa shape index (κ2) is 8.70. The van der Waals surface area contributed by atoms with Crippen LogP contribution in [0.25, 0.3) is 0 Å². The number of nitrogens with zero attached hydrogens (tertiary/aromatic N) is 1. The largest absolute Gasteiger partial charge is 0.493 e. The first-order valence-electron chi connectivity index (χ1n) is 9.19. The van der Waals surface area contributed by atoms with Crippen molar-refractivity contribution in [3.63, 3.8) is 0 Å². The van der Waals surface area contributed by atoms with Gasteiger partial charge in [-0.05, 0) is 30.7 Å². The van der Waals surface area contributed by atoms with E-state index in [4.69, 9.17) is 18.9 Å². The number of ether oxygens (including phenoxy) is 4. The molecule has 0 saturated heterocycles. The van der Waals surface area contributed by atoms with Crippen LogP contribution in [0.1, 0.15) is 22.8 Å². The monoisotopic (exact) mass is 436 g/mol. The van der Waals surface area contributed by atoms with E-state index in [1.807, 2.05) is 6.07 Å². The summed E-state index contributed by atoms with van der Waals surface area (Å²) in [5.74, 6) is 1.45. The molecule has 10 heteroatoms. The van der Waals surface area contributed by atoms with Gasteiger partial charge >= 0.3 is 0 Å². The molecule has 1 aliphatic rings. The molecule has 0 spiro atoms. The van der Waals surface area contributed by atoms with E-state index in [-0.39, 0.29) is 31.1 Å². The number of benzene rings is 2. The first kappa shape index (κ1) is 21.6. The minimum atomic E-state index is -3.62. The van der Waals surface area contributed by atoms with Gasteiger partial charge in [-0.15, -0.1) is 0 Å². The third-order valence-corrected chi connectivity index (χ3v) is 5.85. The number of carbonyl (C=O) groups excluding carboxylic acids is 1. The molecule has 0 aromatic heterocycles. The van der Waals surface area contributed by atoms with Crippen LogP contribution < -0.4 is 28.6 Å². The fourth-order valence-electron chi connectivity index (χ4n) is 3.17. The standard InChI is InChI=1S/C20H24N2O7S/c1-5-22(30(4,24)25)15-10-18(27-3)17(26-2)9-14(15)20(23)21-11-13-6-7-16-19(8-13)29-12-28-16/h6-10H,5,11-12H2,1-4H3,(H,21,23). The molecular weight excluding hydrogens is 412 g/mol. The van der Waals surface area contributed by atoms with Crippen molar-refractivity contribution in [3.8, 4) is 23.0 Å². The highest BCUT2D eigenvalue weighted by atomic mass is 32.2. The zero-order chi connectivity index (χ0) is 21.9. The van der Waals surface area contributed by atoms with Crippen LogP contribution in [0.2, 0.25) is 0 Å². The fourth-order valence-corrected chi connectivity index (χ4v) is 4.15. The average Bonchev–Trinajstić information content (AvgIpc) is 3.18. The van der Waals surface area contributed by atoms with Gasteiger partial charge in [0, 0.05) is 19.2 Å². The summed E-state index contributed by atoms with van der Waals surface area (Å²) in [6.45, 7) is 2.22. The van der Waals surface area contributed by atoms with Crippen molar-refractivity contribution >= 4 is 21.6 Å².